The molecule has 2 aliphatic carbocycles. The number of sulfone groups is 1. The van der Waals surface area contributed by atoms with Crippen molar-refractivity contribution in [3.63, 3.8) is 0 Å². The maximum Gasteiger partial charge on any atom is 0.221 e. The van der Waals surface area contributed by atoms with Crippen LogP contribution in [0.4, 0.5) is 0 Å². The van der Waals surface area contributed by atoms with E-state index in [1.54, 1.807) is 0 Å². The third-order valence-electron chi connectivity index (χ3n) is 6.02. The summed E-state index contributed by atoms with van der Waals surface area (Å²) in [5.41, 5.74) is 1.13. The summed E-state index contributed by atoms with van der Waals surface area (Å²) in [6.07, 6.45) is 9.53. The van der Waals surface area contributed by atoms with E-state index in [4.69, 9.17) is 0 Å². The number of carbonyl (C=O) groups excluding carboxylic acids is 1. The number of hydrogen-bond acceptors (Lipinski definition) is 3. The molecule has 5 heteroatoms. The van der Waals surface area contributed by atoms with Gasteiger partial charge < -0.3 is 5.32 Å². The van der Waals surface area contributed by atoms with Crippen molar-refractivity contribution in [1.82, 2.24) is 5.32 Å². The van der Waals surface area contributed by atoms with Crippen LogP contribution in [0.1, 0.15) is 75.8 Å². The number of hydrogen-bond donors (Lipinski definition) is 1. The molecule has 0 heterocycles. The Kier molecular flexibility index (Phi) is 6.74. The molecule has 0 aromatic heterocycles. The fraction of sp³-hybridized carbons (Fsp3) is 0.667. The molecule has 1 unspecified atom stereocenters. The highest BCUT2D eigenvalue weighted by Gasteiger charge is 2.30. The van der Waals surface area contributed by atoms with Crippen molar-refractivity contribution in [2.24, 2.45) is 5.92 Å². The second kappa shape index (κ2) is 9.03. The zero-order valence-electron chi connectivity index (χ0n) is 15.5. The fourth-order valence-electron chi connectivity index (χ4n) is 4.50. The average molecular weight is 378 g/mol. The topological polar surface area (TPSA) is 63.2 Å². The summed E-state index contributed by atoms with van der Waals surface area (Å²) in [6.45, 7) is 0. The molecule has 1 N–H and O–H groups in total. The molecule has 2 saturated carbocycles. The number of rotatable bonds is 7. The molecular formula is C21H31NO3S. The smallest absolute Gasteiger partial charge is 0.221 e. The normalized spacial score (nSPS) is 20.8. The first-order valence-corrected chi connectivity index (χ1v) is 11.8. The summed E-state index contributed by atoms with van der Waals surface area (Å²) >= 11 is 0. The van der Waals surface area contributed by atoms with Gasteiger partial charge in [-0.3, -0.25) is 4.79 Å². The van der Waals surface area contributed by atoms with Crippen molar-refractivity contribution in [1.29, 1.82) is 0 Å². The van der Waals surface area contributed by atoms with Crippen LogP contribution in [0.2, 0.25) is 0 Å². The van der Waals surface area contributed by atoms with Crippen molar-refractivity contribution in [2.75, 3.05) is 5.75 Å². The van der Waals surface area contributed by atoms with E-state index < -0.39 is 9.84 Å². The van der Waals surface area contributed by atoms with Gasteiger partial charge >= 0.3 is 0 Å². The van der Waals surface area contributed by atoms with E-state index in [9.17, 15) is 13.2 Å². The standard InChI is InChI=1S/C21H31NO3S/c23-20(15-16-26(24,25)19-13-7-8-14-19)22-21(17-9-3-1-4-10-17)18-11-5-2-6-12-18/h1,3-4,9-10,18-19,21H,2,5-8,11-16H2,(H,22,23). The lowest BCUT2D eigenvalue weighted by Gasteiger charge is -2.31. The summed E-state index contributed by atoms with van der Waals surface area (Å²) in [7, 11) is -3.14. The molecule has 1 amide bonds. The Balaban J connectivity index is 1.61. The van der Waals surface area contributed by atoms with Gasteiger partial charge in [0.1, 0.15) is 0 Å². The number of nitrogens with one attached hydrogen (secondary N) is 1. The van der Waals surface area contributed by atoms with Crippen LogP contribution in [-0.2, 0) is 14.6 Å². The van der Waals surface area contributed by atoms with Gasteiger partial charge in [0, 0.05) is 6.42 Å². The van der Waals surface area contributed by atoms with Crippen LogP contribution in [0.3, 0.4) is 0 Å². The van der Waals surface area contributed by atoms with Gasteiger partial charge in [0.15, 0.2) is 9.84 Å². The molecule has 4 nitrogen and oxygen atoms in total. The summed E-state index contributed by atoms with van der Waals surface area (Å²) in [5, 5.41) is 2.94. The van der Waals surface area contributed by atoms with Crippen molar-refractivity contribution in [2.45, 2.75) is 75.5 Å². The van der Waals surface area contributed by atoms with Gasteiger partial charge in [-0.25, -0.2) is 8.42 Å². The maximum absolute atomic E-state index is 12.6. The minimum absolute atomic E-state index is 0.00168. The number of benzene rings is 1. The highest BCUT2D eigenvalue weighted by atomic mass is 32.2. The van der Waals surface area contributed by atoms with Gasteiger partial charge in [-0.15, -0.1) is 0 Å². The molecule has 2 aliphatic rings. The zero-order valence-corrected chi connectivity index (χ0v) is 16.3. The second-order valence-corrected chi connectivity index (χ2v) is 10.3. The highest BCUT2D eigenvalue weighted by molar-refractivity contribution is 7.92. The number of amides is 1. The van der Waals surface area contributed by atoms with Gasteiger partial charge in [-0.2, -0.15) is 0 Å². The average Bonchev–Trinajstić information content (AvgIpc) is 3.22. The fourth-order valence-corrected chi connectivity index (χ4v) is 6.35. The van der Waals surface area contributed by atoms with E-state index in [-0.39, 0.29) is 29.4 Å². The molecule has 0 spiro atoms. The Morgan fingerprint density at radius 1 is 0.962 bits per heavy atom. The van der Waals surface area contributed by atoms with Crippen molar-refractivity contribution in [3.8, 4) is 0 Å². The molecule has 144 valence electrons. The minimum atomic E-state index is -3.14. The molecule has 0 radical (unpaired) electrons. The van der Waals surface area contributed by atoms with Crippen LogP contribution in [0.5, 0.6) is 0 Å². The Labute approximate surface area is 157 Å². The number of carbonyl (C=O) groups is 1. The summed E-state index contributed by atoms with van der Waals surface area (Å²) < 4.78 is 24.8. The van der Waals surface area contributed by atoms with Crippen LogP contribution in [-0.4, -0.2) is 25.3 Å². The Hall–Kier alpha value is -1.36. The first-order chi connectivity index (χ1) is 12.6. The van der Waals surface area contributed by atoms with Crippen molar-refractivity contribution in [3.05, 3.63) is 35.9 Å². The lowest BCUT2D eigenvalue weighted by atomic mass is 9.81. The van der Waals surface area contributed by atoms with Gasteiger partial charge in [-0.05, 0) is 37.2 Å². The molecule has 26 heavy (non-hydrogen) atoms. The van der Waals surface area contributed by atoms with E-state index in [1.165, 1.54) is 19.3 Å². The molecule has 3 rings (SSSR count). The molecule has 0 saturated heterocycles. The largest absolute Gasteiger partial charge is 0.349 e. The van der Waals surface area contributed by atoms with Gasteiger partial charge in [0.05, 0.1) is 17.0 Å². The molecule has 1 aromatic rings. The zero-order chi connectivity index (χ0) is 18.4. The maximum atomic E-state index is 12.6. The Morgan fingerprint density at radius 2 is 1.58 bits per heavy atom. The summed E-state index contributed by atoms with van der Waals surface area (Å²) in [6, 6.07) is 10.1. The van der Waals surface area contributed by atoms with Crippen molar-refractivity contribution >= 4 is 15.7 Å². The van der Waals surface area contributed by atoms with Crippen LogP contribution in [0.25, 0.3) is 0 Å². The molecule has 0 bridgehead atoms. The van der Waals surface area contributed by atoms with E-state index in [0.29, 0.717) is 5.92 Å². The highest BCUT2D eigenvalue weighted by Crippen LogP contribution is 2.34. The van der Waals surface area contributed by atoms with Gasteiger partial charge in [-0.1, -0.05) is 62.4 Å². The van der Waals surface area contributed by atoms with Crippen LogP contribution >= 0.6 is 0 Å². The van der Waals surface area contributed by atoms with E-state index >= 15 is 0 Å². The Morgan fingerprint density at radius 3 is 2.23 bits per heavy atom. The predicted octanol–water partition coefficient (Wildman–Crippen LogP) is 4.17. The summed E-state index contributed by atoms with van der Waals surface area (Å²) in [5.74, 6) is 0.294. The molecule has 1 atom stereocenters. The molecular weight excluding hydrogens is 346 g/mol. The van der Waals surface area contributed by atoms with Crippen LogP contribution < -0.4 is 5.32 Å². The van der Waals surface area contributed by atoms with Gasteiger partial charge in [0.2, 0.25) is 5.91 Å². The first kappa shape index (κ1) is 19.4. The van der Waals surface area contributed by atoms with Crippen LogP contribution in [0, 0.1) is 5.92 Å². The predicted molar refractivity (Wildman–Crippen MR) is 105 cm³/mol. The van der Waals surface area contributed by atoms with Crippen LogP contribution in [0.15, 0.2) is 30.3 Å². The Bertz CT molecular complexity index is 674. The lowest BCUT2D eigenvalue weighted by Crippen LogP contribution is -2.35. The summed E-state index contributed by atoms with van der Waals surface area (Å²) in [4.78, 5) is 12.6. The first-order valence-electron chi connectivity index (χ1n) is 10.1. The van der Waals surface area contributed by atoms with E-state index in [2.05, 4.69) is 17.4 Å². The molecule has 1 aromatic carbocycles. The van der Waals surface area contributed by atoms with Crippen molar-refractivity contribution < 1.29 is 13.2 Å². The monoisotopic (exact) mass is 377 g/mol. The molecule has 2 fully saturated rings. The van der Waals surface area contributed by atoms with E-state index in [0.717, 1.165) is 44.1 Å². The quantitative estimate of drug-likeness (QED) is 0.775. The SMILES string of the molecule is O=C(CCS(=O)(=O)C1CCCC1)NC(c1ccccc1)C1CCCCC1. The van der Waals surface area contributed by atoms with E-state index in [1.807, 2.05) is 18.2 Å². The molecule has 0 aliphatic heterocycles. The minimum Gasteiger partial charge on any atom is -0.349 e. The lowest BCUT2D eigenvalue weighted by molar-refractivity contribution is -0.122. The third-order valence-corrected chi connectivity index (χ3v) is 8.28. The second-order valence-electron chi connectivity index (χ2n) is 7.88. The van der Waals surface area contributed by atoms with Gasteiger partial charge in [0.25, 0.3) is 0 Å². The third kappa shape index (κ3) is 5.09.